The minimum atomic E-state index is 0.516. The molecule has 1 aliphatic heterocycles. The first-order valence-electron chi connectivity index (χ1n) is 6.73. The predicted molar refractivity (Wildman–Crippen MR) is 73.1 cm³/mol. The molecule has 1 N–H and O–H groups in total. The van der Waals surface area contributed by atoms with Crippen molar-refractivity contribution < 1.29 is 0 Å². The molecule has 0 aromatic carbocycles. The third-order valence-corrected chi connectivity index (χ3v) is 4.76. The van der Waals surface area contributed by atoms with E-state index in [1.165, 1.54) is 49.4 Å². The Labute approximate surface area is 104 Å². The van der Waals surface area contributed by atoms with Gasteiger partial charge in [-0.1, -0.05) is 31.0 Å². The maximum atomic E-state index is 4.69. The van der Waals surface area contributed by atoms with Crippen LogP contribution >= 0.6 is 11.8 Å². The fourth-order valence-corrected chi connectivity index (χ4v) is 3.83. The first kappa shape index (κ1) is 12.3. The van der Waals surface area contributed by atoms with Gasteiger partial charge in [0.15, 0.2) is 5.17 Å². The highest BCUT2D eigenvalue weighted by molar-refractivity contribution is 8.13. The van der Waals surface area contributed by atoms with Crippen molar-refractivity contribution in [2.24, 2.45) is 10.9 Å². The van der Waals surface area contributed by atoms with E-state index < -0.39 is 0 Å². The van der Waals surface area contributed by atoms with Crippen molar-refractivity contribution in [3.63, 3.8) is 0 Å². The molecule has 0 radical (unpaired) electrons. The number of amidine groups is 1. The summed E-state index contributed by atoms with van der Waals surface area (Å²) in [5, 5.41) is 4.82. The summed E-state index contributed by atoms with van der Waals surface area (Å²) in [7, 11) is 0. The number of thioether (sulfide) groups is 1. The largest absolute Gasteiger partial charge is 0.362 e. The monoisotopic (exact) mass is 240 g/mol. The Bertz CT molecular complexity index is 246. The quantitative estimate of drug-likeness (QED) is 0.799. The Morgan fingerprint density at radius 3 is 2.69 bits per heavy atom. The molecular weight excluding hydrogens is 216 g/mol. The molecule has 0 spiro atoms. The average Bonchev–Trinajstić information content (AvgIpc) is 2.30. The molecule has 0 saturated heterocycles. The lowest BCUT2D eigenvalue weighted by atomic mass is 9.85. The highest BCUT2D eigenvalue weighted by Gasteiger charge is 2.22. The molecular formula is C13H24N2S. The van der Waals surface area contributed by atoms with Gasteiger partial charge >= 0.3 is 0 Å². The van der Waals surface area contributed by atoms with E-state index in [2.05, 4.69) is 24.2 Å². The number of rotatable bonds is 2. The van der Waals surface area contributed by atoms with Crippen molar-refractivity contribution in [3.05, 3.63) is 0 Å². The molecule has 16 heavy (non-hydrogen) atoms. The van der Waals surface area contributed by atoms with Crippen LogP contribution in [0.2, 0.25) is 0 Å². The zero-order chi connectivity index (χ0) is 11.4. The summed E-state index contributed by atoms with van der Waals surface area (Å²) in [5.74, 6) is 2.10. The lowest BCUT2D eigenvalue weighted by Gasteiger charge is -2.30. The Morgan fingerprint density at radius 1 is 1.25 bits per heavy atom. The summed E-state index contributed by atoms with van der Waals surface area (Å²) in [4.78, 5) is 4.69. The molecule has 0 aromatic rings. The van der Waals surface area contributed by atoms with Crippen LogP contribution < -0.4 is 5.32 Å². The van der Waals surface area contributed by atoms with Crippen LogP contribution in [0.3, 0.4) is 0 Å². The van der Waals surface area contributed by atoms with Gasteiger partial charge in [-0.25, -0.2) is 0 Å². The smallest absolute Gasteiger partial charge is 0.157 e. The molecule has 2 rings (SSSR count). The highest BCUT2D eigenvalue weighted by Crippen LogP contribution is 2.27. The van der Waals surface area contributed by atoms with Gasteiger partial charge in [0.05, 0.1) is 6.04 Å². The molecule has 1 aliphatic carbocycles. The third-order valence-electron chi connectivity index (χ3n) is 3.82. The average molecular weight is 240 g/mol. The number of aliphatic imine (C=N–C) groups is 1. The maximum absolute atomic E-state index is 4.69. The number of hydrogen-bond acceptors (Lipinski definition) is 3. The molecule has 3 heteroatoms. The lowest BCUT2D eigenvalue weighted by molar-refractivity contribution is 0.302. The molecule has 0 bridgehead atoms. The first-order chi connectivity index (χ1) is 7.75. The van der Waals surface area contributed by atoms with Crippen LogP contribution in [-0.2, 0) is 0 Å². The molecule has 0 amide bonds. The van der Waals surface area contributed by atoms with Crippen molar-refractivity contribution in [2.75, 3.05) is 5.75 Å². The van der Waals surface area contributed by atoms with E-state index in [0.29, 0.717) is 12.1 Å². The van der Waals surface area contributed by atoms with Crippen molar-refractivity contribution in [1.29, 1.82) is 0 Å². The second-order valence-corrected chi connectivity index (χ2v) is 6.34. The van der Waals surface area contributed by atoms with Gasteiger partial charge in [-0.2, -0.15) is 0 Å². The van der Waals surface area contributed by atoms with Gasteiger partial charge in [0.25, 0.3) is 0 Å². The minimum Gasteiger partial charge on any atom is -0.362 e. The van der Waals surface area contributed by atoms with Gasteiger partial charge in [-0.3, -0.25) is 4.99 Å². The number of nitrogens with zero attached hydrogens (tertiary/aromatic N) is 1. The third kappa shape index (κ3) is 3.41. The molecule has 1 saturated carbocycles. The van der Waals surface area contributed by atoms with Crippen LogP contribution in [0, 0.1) is 5.92 Å². The Kier molecular flexibility index (Phi) is 4.56. The maximum Gasteiger partial charge on any atom is 0.157 e. The predicted octanol–water partition coefficient (Wildman–Crippen LogP) is 3.43. The van der Waals surface area contributed by atoms with Crippen LogP contribution in [0.15, 0.2) is 4.99 Å². The fraction of sp³-hybridized carbons (Fsp3) is 0.923. The standard InChI is InChI=1S/C13H24N2S/c1-10-8-9-16-13(14-10)15-11(2)12-6-4-3-5-7-12/h10-12H,3-9H2,1-2H3,(H,14,15). The number of hydrogen-bond donors (Lipinski definition) is 1. The van der Waals surface area contributed by atoms with Crippen LogP contribution in [0.5, 0.6) is 0 Å². The van der Waals surface area contributed by atoms with Crippen LogP contribution in [0.25, 0.3) is 0 Å². The SMILES string of the molecule is CC1CCSC(NC(C)C2CCCCC2)=N1. The summed E-state index contributed by atoms with van der Waals surface area (Å²) < 4.78 is 0. The zero-order valence-electron chi connectivity index (χ0n) is 10.5. The summed E-state index contributed by atoms with van der Waals surface area (Å²) in [5.41, 5.74) is 0. The van der Waals surface area contributed by atoms with E-state index in [-0.39, 0.29) is 0 Å². The van der Waals surface area contributed by atoms with E-state index in [0.717, 1.165) is 5.92 Å². The van der Waals surface area contributed by atoms with Crippen LogP contribution in [0.4, 0.5) is 0 Å². The molecule has 2 atom stereocenters. The normalized spacial score (nSPS) is 29.6. The summed E-state index contributed by atoms with van der Waals surface area (Å²) in [6, 6.07) is 1.12. The van der Waals surface area contributed by atoms with Gasteiger partial charge < -0.3 is 5.32 Å². The van der Waals surface area contributed by atoms with E-state index in [4.69, 9.17) is 0 Å². The molecule has 2 aliphatic rings. The second kappa shape index (κ2) is 5.95. The van der Waals surface area contributed by atoms with E-state index in [1.807, 2.05) is 11.8 Å². The van der Waals surface area contributed by atoms with Gasteiger partial charge in [0.2, 0.25) is 0 Å². The second-order valence-electron chi connectivity index (χ2n) is 5.25. The van der Waals surface area contributed by atoms with E-state index >= 15 is 0 Å². The Balaban J connectivity index is 1.83. The molecule has 1 fully saturated rings. The molecule has 92 valence electrons. The topological polar surface area (TPSA) is 24.4 Å². The molecule has 2 unspecified atom stereocenters. The van der Waals surface area contributed by atoms with E-state index in [1.54, 1.807) is 0 Å². The first-order valence-corrected chi connectivity index (χ1v) is 7.71. The van der Waals surface area contributed by atoms with E-state index in [9.17, 15) is 0 Å². The number of nitrogens with one attached hydrogen (secondary N) is 1. The van der Waals surface area contributed by atoms with Crippen LogP contribution in [-0.4, -0.2) is 23.0 Å². The summed E-state index contributed by atoms with van der Waals surface area (Å²) in [6.07, 6.45) is 8.33. The summed E-state index contributed by atoms with van der Waals surface area (Å²) >= 11 is 1.90. The van der Waals surface area contributed by atoms with Gasteiger partial charge in [-0.05, 0) is 39.0 Å². The molecule has 0 aromatic heterocycles. The zero-order valence-corrected chi connectivity index (χ0v) is 11.4. The van der Waals surface area contributed by atoms with Gasteiger partial charge in [0.1, 0.15) is 0 Å². The van der Waals surface area contributed by atoms with Crippen molar-refractivity contribution >= 4 is 16.9 Å². The van der Waals surface area contributed by atoms with Gasteiger partial charge in [-0.15, -0.1) is 0 Å². The summed E-state index contributed by atoms with van der Waals surface area (Å²) in [6.45, 7) is 4.55. The fourth-order valence-electron chi connectivity index (χ4n) is 2.65. The van der Waals surface area contributed by atoms with Crippen molar-refractivity contribution in [3.8, 4) is 0 Å². The minimum absolute atomic E-state index is 0.516. The highest BCUT2D eigenvalue weighted by atomic mass is 32.2. The Morgan fingerprint density at radius 2 is 2.00 bits per heavy atom. The van der Waals surface area contributed by atoms with Gasteiger partial charge in [0, 0.05) is 11.8 Å². The van der Waals surface area contributed by atoms with Crippen molar-refractivity contribution in [2.45, 2.75) is 64.5 Å². The van der Waals surface area contributed by atoms with Crippen LogP contribution in [0.1, 0.15) is 52.4 Å². The molecule has 1 heterocycles. The lowest BCUT2D eigenvalue weighted by Crippen LogP contribution is -2.39. The Hall–Kier alpha value is -0.180. The van der Waals surface area contributed by atoms with Crippen molar-refractivity contribution in [1.82, 2.24) is 5.32 Å². The molecule has 2 nitrogen and oxygen atoms in total.